The molecule has 0 aromatic heterocycles. The zero-order valence-electron chi connectivity index (χ0n) is 13.0. The third kappa shape index (κ3) is 11.7. The van der Waals surface area contributed by atoms with Crippen molar-refractivity contribution in [2.24, 2.45) is 0 Å². The third-order valence-corrected chi connectivity index (χ3v) is 2.93. The molecule has 0 bridgehead atoms. The van der Waals surface area contributed by atoms with Crippen LogP contribution in [0.5, 0.6) is 0 Å². The molecular weight excluding hydrogens is 272 g/mol. The molecule has 0 saturated carbocycles. The van der Waals surface area contributed by atoms with Crippen molar-refractivity contribution in [1.82, 2.24) is 4.90 Å². The zero-order valence-corrected chi connectivity index (χ0v) is 15.0. The van der Waals surface area contributed by atoms with Gasteiger partial charge < -0.3 is 14.8 Å². The molecule has 0 rings (SSSR count). The Hall–Kier alpha value is -0.130. The summed E-state index contributed by atoms with van der Waals surface area (Å²) in [7, 11) is 0. The SMILES string of the molecule is CCCC(F)CCCCC(=O)N(CCC)CC(=O)[O-].[Na+]. The first-order chi connectivity index (χ1) is 9.01. The van der Waals surface area contributed by atoms with E-state index in [1.54, 1.807) is 0 Å². The van der Waals surface area contributed by atoms with Crippen molar-refractivity contribution in [1.29, 1.82) is 0 Å². The van der Waals surface area contributed by atoms with E-state index < -0.39 is 12.1 Å². The normalized spacial score (nSPS) is 11.6. The molecule has 0 fully saturated rings. The van der Waals surface area contributed by atoms with Crippen LogP contribution in [0, 0.1) is 0 Å². The molecule has 6 heteroatoms. The predicted octanol–water partition coefficient (Wildman–Crippen LogP) is -1.32. The molecule has 0 saturated heterocycles. The summed E-state index contributed by atoms with van der Waals surface area (Å²) in [5.74, 6) is -1.43. The third-order valence-electron chi connectivity index (χ3n) is 2.93. The zero-order chi connectivity index (χ0) is 14.7. The van der Waals surface area contributed by atoms with E-state index in [1.807, 2.05) is 13.8 Å². The number of hydrogen-bond donors (Lipinski definition) is 0. The van der Waals surface area contributed by atoms with E-state index >= 15 is 0 Å². The smallest absolute Gasteiger partial charge is 0.548 e. The molecule has 20 heavy (non-hydrogen) atoms. The number of carboxylic acid groups (broad SMARTS) is 1. The maximum Gasteiger partial charge on any atom is 1.00 e. The summed E-state index contributed by atoms with van der Waals surface area (Å²) in [4.78, 5) is 23.6. The van der Waals surface area contributed by atoms with Gasteiger partial charge in [0.05, 0.1) is 12.5 Å². The fourth-order valence-electron chi connectivity index (χ4n) is 1.98. The van der Waals surface area contributed by atoms with Gasteiger partial charge in [0.1, 0.15) is 6.17 Å². The van der Waals surface area contributed by atoms with Crippen LogP contribution >= 0.6 is 0 Å². The topological polar surface area (TPSA) is 60.4 Å². The summed E-state index contributed by atoms with van der Waals surface area (Å²) in [6.07, 6.45) is 3.37. The van der Waals surface area contributed by atoms with Gasteiger partial charge in [-0.2, -0.15) is 0 Å². The largest absolute Gasteiger partial charge is 1.00 e. The maximum atomic E-state index is 13.2. The number of unbranched alkanes of at least 4 members (excludes halogenated alkanes) is 1. The van der Waals surface area contributed by atoms with Gasteiger partial charge in [-0.15, -0.1) is 0 Å². The number of nitrogens with zero attached hydrogens (tertiary/aromatic N) is 1. The molecule has 1 amide bonds. The van der Waals surface area contributed by atoms with Gasteiger partial charge in [0, 0.05) is 13.0 Å². The van der Waals surface area contributed by atoms with Gasteiger partial charge in [0.25, 0.3) is 0 Å². The van der Waals surface area contributed by atoms with Crippen LogP contribution in [-0.2, 0) is 9.59 Å². The van der Waals surface area contributed by atoms with Crippen LogP contribution in [0.3, 0.4) is 0 Å². The second-order valence-corrected chi connectivity index (χ2v) is 4.82. The molecule has 0 aliphatic heterocycles. The Bertz CT molecular complexity index is 277. The van der Waals surface area contributed by atoms with Gasteiger partial charge in [-0.25, -0.2) is 4.39 Å². The van der Waals surface area contributed by atoms with Crippen molar-refractivity contribution in [3.05, 3.63) is 0 Å². The number of rotatable bonds is 11. The summed E-state index contributed by atoms with van der Waals surface area (Å²) < 4.78 is 13.2. The first-order valence-corrected chi connectivity index (χ1v) is 7.12. The van der Waals surface area contributed by atoms with Gasteiger partial charge in [0.2, 0.25) is 5.91 Å². The molecule has 0 heterocycles. The molecule has 1 atom stereocenters. The van der Waals surface area contributed by atoms with E-state index in [4.69, 9.17) is 0 Å². The molecular formula is C14H25FNNaO3. The van der Waals surface area contributed by atoms with Gasteiger partial charge in [-0.05, 0) is 25.7 Å². The first kappa shape index (κ1) is 22.2. The number of alkyl halides is 1. The summed E-state index contributed by atoms with van der Waals surface area (Å²) >= 11 is 0. The van der Waals surface area contributed by atoms with Crippen LogP contribution in [0.4, 0.5) is 4.39 Å². The maximum absolute atomic E-state index is 13.2. The molecule has 4 nitrogen and oxygen atoms in total. The Morgan fingerprint density at radius 1 is 1.15 bits per heavy atom. The van der Waals surface area contributed by atoms with Crippen LogP contribution in [0.15, 0.2) is 0 Å². The van der Waals surface area contributed by atoms with E-state index in [9.17, 15) is 19.1 Å². The number of aliphatic carboxylic acids is 1. The molecule has 0 aliphatic carbocycles. The second-order valence-electron chi connectivity index (χ2n) is 4.82. The van der Waals surface area contributed by atoms with Crippen LogP contribution in [0.25, 0.3) is 0 Å². The van der Waals surface area contributed by atoms with Crippen molar-refractivity contribution >= 4 is 11.9 Å². The Kier molecular flexibility index (Phi) is 15.3. The molecule has 0 aliphatic rings. The van der Waals surface area contributed by atoms with Crippen molar-refractivity contribution < 1.29 is 48.6 Å². The van der Waals surface area contributed by atoms with E-state index in [1.165, 1.54) is 4.90 Å². The van der Waals surface area contributed by atoms with Gasteiger partial charge in [0.15, 0.2) is 0 Å². The van der Waals surface area contributed by atoms with Gasteiger partial charge in [-0.3, -0.25) is 4.79 Å². The standard InChI is InChI=1S/C14H26FNO3.Na/c1-3-7-12(15)8-5-6-9-13(17)16(10-4-2)11-14(18)19;/h12H,3-11H2,1-2H3,(H,18,19);/q;+1/p-1. The van der Waals surface area contributed by atoms with Crippen molar-refractivity contribution in [3.63, 3.8) is 0 Å². The molecule has 112 valence electrons. The first-order valence-electron chi connectivity index (χ1n) is 7.12. The summed E-state index contributed by atoms with van der Waals surface area (Å²) in [5, 5.41) is 10.5. The summed E-state index contributed by atoms with van der Waals surface area (Å²) in [6.45, 7) is 3.90. The summed E-state index contributed by atoms with van der Waals surface area (Å²) in [5.41, 5.74) is 0. The van der Waals surface area contributed by atoms with Crippen LogP contribution < -0.4 is 34.7 Å². The molecule has 1 unspecified atom stereocenters. The average Bonchev–Trinajstić information content (AvgIpc) is 2.33. The Morgan fingerprint density at radius 3 is 2.30 bits per heavy atom. The Morgan fingerprint density at radius 2 is 1.80 bits per heavy atom. The number of carbonyl (C=O) groups excluding carboxylic acids is 2. The fourth-order valence-corrected chi connectivity index (χ4v) is 1.98. The molecule has 0 aromatic rings. The van der Waals surface area contributed by atoms with Gasteiger partial charge in [-0.1, -0.05) is 26.7 Å². The second kappa shape index (κ2) is 13.8. The summed E-state index contributed by atoms with van der Waals surface area (Å²) in [6, 6.07) is 0. The van der Waals surface area contributed by atoms with Crippen LogP contribution in [-0.4, -0.2) is 36.0 Å². The Balaban J connectivity index is 0. The van der Waals surface area contributed by atoms with Crippen molar-refractivity contribution in [3.8, 4) is 0 Å². The van der Waals surface area contributed by atoms with Crippen molar-refractivity contribution in [2.45, 2.75) is 65.0 Å². The minimum Gasteiger partial charge on any atom is -0.548 e. The van der Waals surface area contributed by atoms with Crippen molar-refractivity contribution in [2.75, 3.05) is 13.1 Å². The van der Waals surface area contributed by atoms with E-state index in [0.29, 0.717) is 38.6 Å². The van der Waals surface area contributed by atoms with Gasteiger partial charge >= 0.3 is 29.6 Å². The molecule has 0 spiro atoms. The quantitative estimate of drug-likeness (QED) is 0.351. The van der Waals surface area contributed by atoms with E-state index in [2.05, 4.69) is 0 Å². The molecule has 0 aromatic carbocycles. The minimum absolute atomic E-state index is 0. The monoisotopic (exact) mass is 297 g/mol. The molecule has 0 radical (unpaired) electrons. The van der Waals surface area contributed by atoms with Crippen LogP contribution in [0.2, 0.25) is 0 Å². The number of carboxylic acids is 1. The fraction of sp³-hybridized carbons (Fsp3) is 0.857. The number of hydrogen-bond acceptors (Lipinski definition) is 3. The number of halogens is 1. The van der Waals surface area contributed by atoms with E-state index in [0.717, 1.165) is 6.42 Å². The average molecular weight is 297 g/mol. The molecule has 0 N–H and O–H groups in total. The Labute approximate surface area is 143 Å². The number of amides is 1. The number of carbonyl (C=O) groups is 2. The minimum atomic E-state index is -1.24. The van der Waals surface area contributed by atoms with E-state index in [-0.39, 0.29) is 48.4 Å². The predicted molar refractivity (Wildman–Crippen MR) is 70.2 cm³/mol. The van der Waals surface area contributed by atoms with Crippen LogP contribution in [0.1, 0.15) is 58.8 Å².